The normalized spacial score (nSPS) is 10.7. The number of rotatable bonds is 8. The molecule has 3 aromatic heterocycles. The van der Waals surface area contributed by atoms with Crippen LogP contribution in [0, 0.1) is 0 Å². The standard InChI is InChI=1S/C18H23N7O/c1-24(8-9-26-3)17-5-4-14(11-22-17)10-21-16-13-23-25(2)18(16)15-12-19-6-7-20-15/h4-7,11-13,21H,8-10H2,1-3H3. The summed E-state index contributed by atoms with van der Waals surface area (Å²) in [4.78, 5) is 15.1. The summed E-state index contributed by atoms with van der Waals surface area (Å²) >= 11 is 0. The Kier molecular flexibility index (Phi) is 5.75. The number of likely N-dealkylation sites (N-methyl/N-ethyl adjacent to an activating group) is 1. The maximum atomic E-state index is 5.10. The summed E-state index contributed by atoms with van der Waals surface area (Å²) in [6.07, 6.45) is 8.74. The number of nitrogens with one attached hydrogen (secondary N) is 1. The van der Waals surface area contributed by atoms with E-state index in [1.807, 2.05) is 26.4 Å². The molecular formula is C18H23N7O. The van der Waals surface area contributed by atoms with Crippen molar-refractivity contribution in [2.75, 3.05) is 37.5 Å². The zero-order valence-electron chi connectivity index (χ0n) is 15.3. The molecule has 0 saturated carbocycles. The molecule has 0 spiro atoms. The van der Waals surface area contributed by atoms with Gasteiger partial charge in [-0.1, -0.05) is 6.07 Å². The fourth-order valence-corrected chi connectivity index (χ4v) is 2.58. The fraction of sp³-hybridized carbons (Fsp3) is 0.333. The van der Waals surface area contributed by atoms with Gasteiger partial charge in [-0.25, -0.2) is 4.98 Å². The first-order chi connectivity index (χ1) is 12.7. The number of methoxy groups -OCH3 is 1. The van der Waals surface area contributed by atoms with Gasteiger partial charge in [0.1, 0.15) is 17.2 Å². The number of hydrogen-bond donors (Lipinski definition) is 1. The van der Waals surface area contributed by atoms with Crippen LogP contribution in [-0.4, -0.2) is 52.0 Å². The van der Waals surface area contributed by atoms with Crippen molar-refractivity contribution in [1.82, 2.24) is 24.7 Å². The lowest BCUT2D eigenvalue weighted by molar-refractivity contribution is 0.206. The molecule has 0 fully saturated rings. The Morgan fingerprint density at radius 1 is 1.15 bits per heavy atom. The molecule has 1 N–H and O–H groups in total. The van der Waals surface area contributed by atoms with Crippen molar-refractivity contribution in [3.8, 4) is 11.4 Å². The molecule has 136 valence electrons. The molecule has 0 saturated heterocycles. The summed E-state index contributed by atoms with van der Waals surface area (Å²) < 4.78 is 6.89. The molecule has 0 amide bonds. The van der Waals surface area contributed by atoms with Gasteiger partial charge in [-0.15, -0.1) is 0 Å². The quantitative estimate of drug-likeness (QED) is 0.663. The Bertz CT molecular complexity index is 817. The maximum absolute atomic E-state index is 5.10. The average molecular weight is 353 g/mol. The minimum atomic E-state index is 0.647. The highest BCUT2D eigenvalue weighted by Gasteiger charge is 2.12. The Morgan fingerprint density at radius 2 is 2.04 bits per heavy atom. The number of aromatic nitrogens is 5. The Labute approximate surface area is 152 Å². The SMILES string of the molecule is COCCN(C)c1ccc(CNc2cnn(C)c2-c2cnccn2)cn1. The van der Waals surface area contributed by atoms with Crippen molar-refractivity contribution in [1.29, 1.82) is 0 Å². The van der Waals surface area contributed by atoms with Crippen molar-refractivity contribution in [3.05, 3.63) is 48.7 Å². The van der Waals surface area contributed by atoms with E-state index in [4.69, 9.17) is 4.74 Å². The molecule has 26 heavy (non-hydrogen) atoms. The van der Waals surface area contributed by atoms with E-state index in [-0.39, 0.29) is 0 Å². The van der Waals surface area contributed by atoms with Crippen LogP contribution in [-0.2, 0) is 18.3 Å². The molecule has 0 atom stereocenters. The molecule has 3 heterocycles. The van der Waals surface area contributed by atoms with E-state index in [9.17, 15) is 0 Å². The third kappa shape index (κ3) is 4.15. The lowest BCUT2D eigenvalue weighted by atomic mass is 10.2. The molecule has 0 radical (unpaired) electrons. The monoisotopic (exact) mass is 353 g/mol. The summed E-state index contributed by atoms with van der Waals surface area (Å²) in [5.74, 6) is 0.924. The van der Waals surface area contributed by atoms with Crippen LogP contribution in [0.3, 0.4) is 0 Å². The van der Waals surface area contributed by atoms with Gasteiger partial charge in [0.15, 0.2) is 0 Å². The Balaban J connectivity index is 1.67. The van der Waals surface area contributed by atoms with Gasteiger partial charge >= 0.3 is 0 Å². The van der Waals surface area contributed by atoms with Gasteiger partial charge in [-0.2, -0.15) is 5.10 Å². The molecule has 0 unspecified atom stereocenters. The first kappa shape index (κ1) is 17.8. The molecule has 0 aliphatic heterocycles. The minimum Gasteiger partial charge on any atom is -0.383 e. The molecule has 0 aromatic carbocycles. The number of pyridine rings is 1. The van der Waals surface area contributed by atoms with Crippen molar-refractivity contribution in [2.24, 2.45) is 7.05 Å². The lowest BCUT2D eigenvalue weighted by Gasteiger charge is -2.17. The van der Waals surface area contributed by atoms with Gasteiger partial charge in [0, 0.05) is 52.9 Å². The first-order valence-electron chi connectivity index (χ1n) is 8.36. The van der Waals surface area contributed by atoms with Crippen LogP contribution in [0.2, 0.25) is 0 Å². The average Bonchev–Trinajstić information content (AvgIpc) is 3.06. The van der Waals surface area contributed by atoms with Gasteiger partial charge in [0.05, 0.1) is 24.7 Å². The predicted octanol–water partition coefficient (Wildman–Crippen LogP) is 1.97. The van der Waals surface area contributed by atoms with Crippen LogP contribution in [0.5, 0.6) is 0 Å². The second kappa shape index (κ2) is 8.39. The highest BCUT2D eigenvalue weighted by Crippen LogP contribution is 2.25. The lowest BCUT2D eigenvalue weighted by Crippen LogP contribution is -2.22. The summed E-state index contributed by atoms with van der Waals surface area (Å²) in [6, 6.07) is 4.08. The smallest absolute Gasteiger partial charge is 0.128 e. The maximum Gasteiger partial charge on any atom is 0.128 e. The van der Waals surface area contributed by atoms with Crippen LogP contribution < -0.4 is 10.2 Å². The molecule has 3 rings (SSSR count). The second-order valence-electron chi connectivity index (χ2n) is 5.91. The summed E-state index contributed by atoms with van der Waals surface area (Å²) in [5.41, 5.74) is 3.68. The third-order valence-corrected chi connectivity index (χ3v) is 4.06. The van der Waals surface area contributed by atoms with Gasteiger partial charge in [-0.05, 0) is 11.6 Å². The topological polar surface area (TPSA) is 81.0 Å². The van der Waals surface area contributed by atoms with E-state index in [0.29, 0.717) is 13.2 Å². The van der Waals surface area contributed by atoms with E-state index in [0.717, 1.165) is 35.0 Å². The third-order valence-electron chi connectivity index (χ3n) is 4.06. The molecule has 8 nitrogen and oxygen atoms in total. The Morgan fingerprint density at radius 3 is 2.73 bits per heavy atom. The highest BCUT2D eigenvalue weighted by molar-refractivity contribution is 5.71. The van der Waals surface area contributed by atoms with E-state index in [1.165, 1.54) is 0 Å². The summed E-state index contributed by atoms with van der Waals surface area (Å²) in [5, 5.41) is 7.73. The van der Waals surface area contributed by atoms with E-state index < -0.39 is 0 Å². The van der Waals surface area contributed by atoms with Crippen LogP contribution in [0.15, 0.2) is 43.1 Å². The second-order valence-corrected chi connectivity index (χ2v) is 5.91. The van der Waals surface area contributed by atoms with Crippen molar-refractivity contribution < 1.29 is 4.74 Å². The van der Waals surface area contributed by atoms with Gasteiger partial charge in [0.25, 0.3) is 0 Å². The van der Waals surface area contributed by atoms with Crippen LogP contribution in [0.1, 0.15) is 5.56 Å². The number of anilines is 2. The predicted molar refractivity (Wildman–Crippen MR) is 101 cm³/mol. The first-order valence-corrected chi connectivity index (χ1v) is 8.36. The van der Waals surface area contributed by atoms with E-state index in [1.54, 1.807) is 36.6 Å². The number of aryl methyl sites for hydroxylation is 1. The van der Waals surface area contributed by atoms with Crippen molar-refractivity contribution in [3.63, 3.8) is 0 Å². The number of nitrogens with zero attached hydrogens (tertiary/aromatic N) is 6. The fourth-order valence-electron chi connectivity index (χ4n) is 2.58. The van der Waals surface area contributed by atoms with Crippen molar-refractivity contribution >= 4 is 11.5 Å². The summed E-state index contributed by atoms with van der Waals surface area (Å²) in [7, 11) is 5.59. The van der Waals surface area contributed by atoms with E-state index >= 15 is 0 Å². The van der Waals surface area contributed by atoms with Crippen molar-refractivity contribution in [2.45, 2.75) is 6.54 Å². The summed E-state index contributed by atoms with van der Waals surface area (Å²) in [6.45, 7) is 2.12. The molecule has 8 heteroatoms. The minimum absolute atomic E-state index is 0.647. The molecular weight excluding hydrogens is 330 g/mol. The highest BCUT2D eigenvalue weighted by atomic mass is 16.5. The van der Waals surface area contributed by atoms with E-state index in [2.05, 4.69) is 36.3 Å². The van der Waals surface area contributed by atoms with Gasteiger partial charge < -0.3 is 15.0 Å². The number of hydrogen-bond acceptors (Lipinski definition) is 7. The zero-order valence-corrected chi connectivity index (χ0v) is 15.3. The molecule has 0 aliphatic carbocycles. The zero-order chi connectivity index (χ0) is 18.4. The number of ether oxygens (including phenoxy) is 1. The van der Waals surface area contributed by atoms with Gasteiger partial charge in [0.2, 0.25) is 0 Å². The van der Waals surface area contributed by atoms with Crippen LogP contribution in [0.4, 0.5) is 11.5 Å². The Hall–Kier alpha value is -3.00. The molecule has 0 aliphatic rings. The van der Waals surface area contributed by atoms with Crippen LogP contribution >= 0.6 is 0 Å². The largest absolute Gasteiger partial charge is 0.383 e. The molecule has 3 aromatic rings. The van der Waals surface area contributed by atoms with Crippen LogP contribution in [0.25, 0.3) is 11.4 Å². The van der Waals surface area contributed by atoms with Gasteiger partial charge in [-0.3, -0.25) is 14.6 Å². The molecule has 0 bridgehead atoms.